The Bertz CT molecular complexity index is 529. The predicted octanol–water partition coefficient (Wildman–Crippen LogP) is 0.917. The first-order valence-corrected chi connectivity index (χ1v) is 8.90. The Labute approximate surface area is 147 Å². The van der Waals surface area contributed by atoms with Gasteiger partial charge in [-0.05, 0) is 38.8 Å². The van der Waals surface area contributed by atoms with Crippen molar-refractivity contribution in [1.29, 1.82) is 0 Å². The lowest BCUT2D eigenvalue weighted by atomic mass is 10.3. The maximum absolute atomic E-state index is 11.9. The summed E-state index contributed by atoms with van der Waals surface area (Å²) in [5, 5.41) is 6.89. The molecule has 0 aliphatic heterocycles. The molecule has 0 aliphatic rings. The molecule has 1 rings (SSSR count). The van der Waals surface area contributed by atoms with Gasteiger partial charge in [0, 0.05) is 24.5 Å². The molecule has 1 aromatic heterocycles. The van der Waals surface area contributed by atoms with Crippen molar-refractivity contribution in [2.24, 2.45) is 0 Å². The molecule has 0 unspecified atom stereocenters. The average molecular weight is 354 g/mol. The third kappa shape index (κ3) is 7.56. The van der Waals surface area contributed by atoms with E-state index in [0.717, 1.165) is 6.42 Å². The number of carbonyl (C=O) groups is 3. The lowest BCUT2D eigenvalue weighted by Crippen LogP contribution is -2.46. The van der Waals surface area contributed by atoms with E-state index in [1.165, 1.54) is 4.88 Å². The van der Waals surface area contributed by atoms with Gasteiger partial charge in [-0.2, -0.15) is 0 Å². The molecule has 1 heterocycles. The second-order valence-electron chi connectivity index (χ2n) is 5.37. The summed E-state index contributed by atoms with van der Waals surface area (Å²) in [7, 11) is 1.68. The van der Waals surface area contributed by atoms with Gasteiger partial charge in [0.15, 0.2) is 0 Å². The van der Waals surface area contributed by atoms with Gasteiger partial charge in [-0.1, -0.05) is 6.07 Å². The molecule has 0 aromatic carbocycles. The number of urea groups is 1. The van der Waals surface area contributed by atoms with Crippen molar-refractivity contribution in [1.82, 2.24) is 20.4 Å². The largest absolute Gasteiger partial charge is 0.342 e. The summed E-state index contributed by atoms with van der Waals surface area (Å²) in [6, 6.07) is 3.44. The summed E-state index contributed by atoms with van der Waals surface area (Å²) >= 11 is 1.63. The maximum atomic E-state index is 11.9. The number of amides is 4. The SMILES string of the molecule is CCN(CC)C(=O)CN(C)CC(=O)NC(=O)NCCc1cccs1. The van der Waals surface area contributed by atoms with Crippen LogP contribution in [0.4, 0.5) is 4.79 Å². The molecule has 0 aliphatic carbocycles. The molecule has 2 N–H and O–H groups in total. The van der Waals surface area contributed by atoms with Crippen LogP contribution >= 0.6 is 11.3 Å². The fourth-order valence-corrected chi connectivity index (χ4v) is 2.88. The quantitative estimate of drug-likeness (QED) is 0.691. The van der Waals surface area contributed by atoms with Crippen molar-refractivity contribution in [2.45, 2.75) is 20.3 Å². The first-order valence-electron chi connectivity index (χ1n) is 8.02. The highest BCUT2D eigenvalue weighted by Gasteiger charge is 2.15. The summed E-state index contributed by atoms with van der Waals surface area (Å²) in [6.07, 6.45) is 0.734. The van der Waals surface area contributed by atoms with E-state index in [2.05, 4.69) is 10.6 Å². The predicted molar refractivity (Wildman–Crippen MR) is 95.0 cm³/mol. The molecule has 0 saturated carbocycles. The van der Waals surface area contributed by atoms with E-state index in [4.69, 9.17) is 0 Å². The molecule has 1 aromatic rings. The number of nitrogens with zero attached hydrogens (tertiary/aromatic N) is 2. The highest BCUT2D eigenvalue weighted by Crippen LogP contribution is 2.07. The van der Waals surface area contributed by atoms with Gasteiger partial charge in [0.25, 0.3) is 0 Å². The molecule has 0 atom stereocenters. The lowest BCUT2D eigenvalue weighted by Gasteiger charge is -2.22. The van der Waals surface area contributed by atoms with Gasteiger partial charge in [-0.3, -0.25) is 19.8 Å². The highest BCUT2D eigenvalue weighted by atomic mass is 32.1. The van der Waals surface area contributed by atoms with Crippen LogP contribution in [0.1, 0.15) is 18.7 Å². The van der Waals surface area contributed by atoms with Crippen molar-refractivity contribution in [3.8, 4) is 0 Å². The van der Waals surface area contributed by atoms with E-state index in [9.17, 15) is 14.4 Å². The fourth-order valence-electron chi connectivity index (χ4n) is 2.17. The first kappa shape index (κ1) is 20.1. The fraction of sp³-hybridized carbons (Fsp3) is 0.562. The third-order valence-corrected chi connectivity index (χ3v) is 4.36. The maximum Gasteiger partial charge on any atom is 0.321 e. The Morgan fingerprint density at radius 1 is 1.17 bits per heavy atom. The van der Waals surface area contributed by atoms with E-state index in [1.807, 2.05) is 31.4 Å². The van der Waals surface area contributed by atoms with Gasteiger partial charge in [-0.25, -0.2) is 4.79 Å². The van der Waals surface area contributed by atoms with Gasteiger partial charge in [0.05, 0.1) is 13.1 Å². The van der Waals surface area contributed by atoms with Gasteiger partial charge in [0.2, 0.25) is 11.8 Å². The summed E-state index contributed by atoms with van der Waals surface area (Å²) in [6.45, 7) is 5.71. The third-order valence-electron chi connectivity index (χ3n) is 3.42. The summed E-state index contributed by atoms with van der Waals surface area (Å²) in [5.41, 5.74) is 0. The minimum Gasteiger partial charge on any atom is -0.342 e. The molecule has 7 nitrogen and oxygen atoms in total. The molecule has 8 heteroatoms. The van der Waals surface area contributed by atoms with E-state index < -0.39 is 11.9 Å². The van der Waals surface area contributed by atoms with Crippen LogP contribution in [0.2, 0.25) is 0 Å². The number of hydrogen-bond donors (Lipinski definition) is 2. The summed E-state index contributed by atoms with van der Waals surface area (Å²) in [4.78, 5) is 39.9. The zero-order valence-electron chi connectivity index (χ0n) is 14.5. The van der Waals surface area contributed by atoms with Crippen molar-refractivity contribution in [2.75, 3.05) is 39.8 Å². The van der Waals surface area contributed by atoms with E-state index in [1.54, 1.807) is 28.2 Å². The van der Waals surface area contributed by atoms with Crippen molar-refractivity contribution in [3.05, 3.63) is 22.4 Å². The van der Waals surface area contributed by atoms with Crippen LogP contribution < -0.4 is 10.6 Å². The Balaban J connectivity index is 2.23. The number of carbonyl (C=O) groups excluding carboxylic acids is 3. The molecule has 0 spiro atoms. The van der Waals surface area contributed by atoms with Crippen LogP contribution in [-0.2, 0) is 16.0 Å². The van der Waals surface area contributed by atoms with Crippen molar-refractivity contribution < 1.29 is 14.4 Å². The number of likely N-dealkylation sites (N-methyl/N-ethyl adjacent to an activating group) is 2. The molecular formula is C16H26N4O3S. The topological polar surface area (TPSA) is 81.8 Å². The molecule has 0 bridgehead atoms. The molecule has 134 valence electrons. The minimum absolute atomic E-state index is 0.00858. The summed E-state index contributed by atoms with van der Waals surface area (Å²) < 4.78 is 0. The van der Waals surface area contributed by atoms with Crippen LogP contribution in [0.5, 0.6) is 0 Å². The molecule has 0 fully saturated rings. The highest BCUT2D eigenvalue weighted by molar-refractivity contribution is 7.09. The standard InChI is InChI=1S/C16H26N4O3S/c1-4-20(5-2)15(22)12-19(3)11-14(21)18-16(23)17-9-8-13-7-6-10-24-13/h6-7,10H,4-5,8-9,11-12H2,1-3H3,(H2,17,18,21,23). The zero-order valence-corrected chi connectivity index (χ0v) is 15.3. The van der Waals surface area contributed by atoms with Crippen LogP contribution in [0.3, 0.4) is 0 Å². The molecule has 4 amide bonds. The van der Waals surface area contributed by atoms with Gasteiger partial charge in [0.1, 0.15) is 0 Å². The van der Waals surface area contributed by atoms with Gasteiger partial charge >= 0.3 is 6.03 Å². The van der Waals surface area contributed by atoms with Crippen molar-refractivity contribution in [3.63, 3.8) is 0 Å². The van der Waals surface area contributed by atoms with Crippen molar-refractivity contribution >= 4 is 29.2 Å². The van der Waals surface area contributed by atoms with Crippen LogP contribution in [-0.4, -0.2) is 67.4 Å². The van der Waals surface area contributed by atoms with Gasteiger partial charge in [-0.15, -0.1) is 11.3 Å². The Hall–Kier alpha value is -1.93. The molecule has 0 saturated heterocycles. The summed E-state index contributed by atoms with van der Waals surface area (Å²) in [5.74, 6) is -0.464. The Morgan fingerprint density at radius 3 is 2.46 bits per heavy atom. The lowest BCUT2D eigenvalue weighted by molar-refractivity contribution is -0.132. The minimum atomic E-state index is -0.514. The Morgan fingerprint density at radius 2 is 1.88 bits per heavy atom. The number of nitrogens with one attached hydrogen (secondary N) is 2. The smallest absolute Gasteiger partial charge is 0.321 e. The van der Waals surface area contributed by atoms with Crippen LogP contribution in [0.25, 0.3) is 0 Å². The molecule has 24 heavy (non-hydrogen) atoms. The number of imide groups is 1. The van der Waals surface area contributed by atoms with Crippen LogP contribution in [0, 0.1) is 0 Å². The molecule has 0 radical (unpaired) electrons. The van der Waals surface area contributed by atoms with E-state index in [-0.39, 0.29) is 19.0 Å². The second kappa shape index (κ2) is 10.8. The second-order valence-corrected chi connectivity index (χ2v) is 6.40. The van der Waals surface area contributed by atoms with E-state index in [0.29, 0.717) is 19.6 Å². The number of thiophene rings is 1. The first-order chi connectivity index (χ1) is 11.5. The average Bonchev–Trinajstić information content (AvgIpc) is 3.01. The normalized spacial score (nSPS) is 10.5. The Kier molecular flexibility index (Phi) is 9.03. The number of hydrogen-bond acceptors (Lipinski definition) is 5. The number of rotatable bonds is 9. The van der Waals surface area contributed by atoms with Crippen LogP contribution in [0.15, 0.2) is 17.5 Å². The van der Waals surface area contributed by atoms with E-state index >= 15 is 0 Å². The van der Waals surface area contributed by atoms with Gasteiger partial charge < -0.3 is 10.2 Å². The monoisotopic (exact) mass is 354 g/mol. The molecular weight excluding hydrogens is 328 g/mol. The zero-order chi connectivity index (χ0) is 17.9.